The SMILES string of the molecule is CCC[C@H]1Cc2cc(OC)c(OC)cc2C=N1. The molecular weight excluding hydrogens is 214 g/mol. The van der Waals surface area contributed by atoms with Crippen molar-refractivity contribution >= 4 is 6.21 Å². The highest BCUT2D eigenvalue weighted by Crippen LogP contribution is 2.32. The van der Waals surface area contributed by atoms with Crippen LogP contribution >= 0.6 is 0 Å². The van der Waals surface area contributed by atoms with E-state index >= 15 is 0 Å². The summed E-state index contributed by atoms with van der Waals surface area (Å²) in [4.78, 5) is 4.57. The van der Waals surface area contributed by atoms with Crippen LogP contribution in [0.15, 0.2) is 17.1 Å². The molecule has 92 valence electrons. The third kappa shape index (κ3) is 2.43. The van der Waals surface area contributed by atoms with Crippen LogP contribution in [0.3, 0.4) is 0 Å². The maximum absolute atomic E-state index is 5.33. The summed E-state index contributed by atoms with van der Waals surface area (Å²) in [5.74, 6) is 1.57. The van der Waals surface area contributed by atoms with Crippen LogP contribution in [0.2, 0.25) is 0 Å². The number of benzene rings is 1. The van der Waals surface area contributed by atoms with Gasteiger partial charge in [0.25, 0.3) is 0 Å². The van der Waals surface area contributed by atoms with Crippen molar-refractivity contribution in [2.24, 2.45) is 4.99 Å². The van der Waals surface area contributed by atoms with E-state index in [0.29, 0.717) is 6.04 Å². The van der Waals surface area contributed by atoms with Gasteiger partial charge < -0.3 is 9.47 Å². The van der Waals surface area contributed by atoms with Crippen molar-refractivity contribution in [3.63, 3.8) is 0 Å². The van der Waals surface area contributed by atoms with E-state index in [1.807, 2.05) is 12.3 Å². The van der Waals surface area contributed by atoms with Gasteiger partial charge in [-0.3, -0.25) is 4.99 Å². The normalized spacial score (nSPS) is 17.7. The average molecular weight is 233 g/mol. The lowest BCUT2D eigenvalue weighted by Crippen LogP contribution is -2.15. The Morgan fingerprint density at radius 2 is 1.94 bits per heavy atom. The van der Waals surface area contributed by atoms with Crippen molar-refractivity contribution in [3.05, 3.63) is 23.3 Å². The predicted molar refractivity (Wildman–Crippen MR) is 69.5 cm³/mol. The molecular formula is C14H19NO2. The van der Waals surface area contributed by atoms with Crippen molar-refractivity contribution in [1.82, 2.24) is 0 Å². The number of ether oxygens (including phenoxy) is 2. The van der Waals surface area contributed by atoms with E-state index in [0.717, 1.165) is 29.9 Å². The molecule has 0 unspecified atom stereocenters. The lowest BCUT2D eigenvalue weighted by atomic mass is 9.95. The van der Waals surface area contributed by atoms with E-state index in [4.69, 9.17) is 9.47 Å². The molecule has 0 saturated carbocycles. The van der Waals surface area contributed by atoms with Gasteiger partial charge in [-0.1, -0.05) is 13.3 Å². The zero-order valence-corrected chi connectivity index (χ0v) is 10.7. The van der Waals surface area contributed by atoms with Gasteiger partial charge in [0.2, 0.25) is 0 Å². The van der Waals surface area contributed by atoms with E-state index < -0.39 is 0 Å². The van der Waals surface area contributed by atoms with E-state index in [9.17, 15) is 0 Å². The van der Waals surface area contributed by atoms with Crippen LogP contribution < -0.4 is 9.47 Å². The van der Waals surface area contributed by atoms with Gasteiger partial charge in [-0.2, -0.15) is 0 Å². The van der Waals surface area contributed by atoms with Gasteiger partial charge in [0.15, 0.2) is 11.5 Å². The maximum Gasteiger partial charge on any atom is 0.161 e. The molecule has 1 aromatic carbocycles. The quantitative estimate of drug-likeness (QED) is 0.800. The molecule has 1 heterocycles. The standard InChI is InChI=1S/C14H19NO2/c1-4-5-12-6-10-7-13(16-2)14(17-3)8-11(10)9-15-12/h7-9,12H,4-6H2,1-3H3/t12-/m0/s1. The number of hydrogen-bond donors (Lipinski definition) is 0. The highest BCUT2D eigenvalue weighted by molar-refractivity contribution is 5.84. The van der Waals surface area contributed by atoms with Crippen molar-refractivity contribution in [1.29, 1.82) is 0 Å². The van der Waals surface area contributed by atoms with Crippen LogP contribution in [0.25, 0.3) is 0 Å². The molecule has 0 fully saturated rings. The Balaban J connectivity index is 2.31. The van der Waals surface area contributed by atoms with Crippen molar-refractivity contribution in [3.8, 4) is 11.5 Å². The second kappa shape index (κ2) is 5.21. The first-order chi connectivity index (χ1) is 8.28. The summed E-state index contributed by atoms with van der Waals surface area (Å²) in [6, 6.07) is 4.49. The highest BCUT2D eigenvalue weighted by atomic mass is 16.5. The maximum atomic E-state index is 5.33. The molecule has 0 bridgehead atoms. The minimum Gasteiger partial charge on any atom is -0.493 e. The monoisotopic (exact) mass is 233 g/mol. The summed E-state index contributed by atoms with van der Waals surface area (Å²) in [6.45, 7) is 2.19. The Morgan fingerprint density at radius 1 is 1.24 bits per heavy atom. The summed E-state index contributed by atoms with van der Waals surface area (Å²) in [5.41, 5.74) is 2.45. The van der Waals surface area contributed by atoms with E-state index in [1.165, 1.54) is 12.0 Å². The van der Waals surface area contributed by atoms with Gasteiger partial charge in [-0.05, 0) is 36.1 Å². The van der Waals surface area contributed by atoms with Gasteiger partial charge in [-0.25, -0.2) is 0 Å². The number of hydrogen-bond acceptors (Lipinski definition) is 3. The molecule has 3 heteroatoms. The van der Waals surface area contributed by atoms with E-state index in [-0.39, 0.29) is 0 Å². The first kappa shape index (κ1) is 12.0. The van der Waals surface area contributed by atoms with Crippen molar-refractivity contribution < 1.29 is 9.47 Å². The summed E-state index contributed by atoms with van der Waals surface area (Å²) in [6.07, 6.45) is 5.27. The first-order valence-corrected chi connectivity index (χ1v) is 6.06. The third-order valence-corrected chi connectivity index (χ3v) is 3.15. The number of nitrogens with zero attached hydrogens (tertiary/aromatic N) is 1. The minimum absolute atomic E-state index is 0.422. The molecule has 1 aromatic rings. The fourth-order valence-electron chi connectivity index (χ4n) is 2.24. The Morgan fingerprint density at radius 3 is 2.59 bits per heavy atom. The molecule has 0 saturated heterocycles. The molecule has 1 atom stereocenters. The molecule has 0 spiro atoms. The van der Waals surface area contributed by atoms with Gasteiger partial charge in [0, 0.05) is 6.21 Å². The van der Waals surface area contributed by atoms with Gasteiger partial charge in [0.1, 0.15) is 0 Å². The molecule has 1 aliphatic heterocycles. The smallest absolute Gasteiger partial charge is 0.161 e. The number of rotatable bonds is 4. The third-order valence-electron chi connectivity index (χ3n) is 3.15. The Hall–Kier alpha value is -1.51. The second-order valence-corrected chi connectivity index (χ2v) is 4.33. The van der Waals surface area contributed by atoms with Crippen LogP contribution in [-0.4, -0.2) is 26.5 Å². The Kier molecular flexibility index (Phi) is 3.67. The number of methoxy groups -OCH3 is 2. The van der Waals surface area contributed by atoms with Crippen LogP contribution in [0.4, 0.5) is 0 Å². The second-order valence-electron chi connectivity index (χ2n) is 4.33. The minimum atomic E-state index is 0.422. The molecule has 2 rings (SSSR count). The Bertz CT molecular complexity index is 426. The zero-order valence-electron chi connectivity index (χ0n) is 10.7. The summed E-state index contributed by atoms with van der Waals surface area (Å²) in [7, 11) is 3.33. The lowest BCUT2D eigenvalue weighted by molar-refractivity contribution is 0.354. The molecule has 1 aliphatic rings. The molecule has 0 amide bonds. The molecule has 0 aliphatic carbocycles. The topological polar surface area (TPSA) is 30.8 Å². The fraction of sp³-hybridized carbons (Fsp3) is 0.500. The van der Waals surface area contributed by atoms with Crippen molar-refractivity contribution in [2.45, 2.75) is 32.2 Å². The molecule has 0 radical (unpaired) electrons. The van der Waals surface area contributed by atoms with Crippen LogP contribution in [0.5, 0.6) is 11.5 Å². The van der Waals surface area contributed by atoms with Gasteiger partial charge >= 0.3 is 0 Å². The van der Waals surface area contributed by atoms with Crippen LogP contribution in [0, 0.1) is 0 Å². The van der Waals surface area contributed by atoms with Gasteiger partial charge in [0.05, 0.1) is 20.3 Å². The lowest BCUT2D eigenvalue weighted by Gasteiger charge is -2.20. The number of aliphatic imine (C=N–C) groups is 1. The largest absolute Gasteiger partial charge is 0.493 e. The molecule has 0 N–H and O–H groups in total. The number of fused-ring (bicyclic) bond motifs is 1. The van der Waals surface area contributed by atoms with Crippen molar-refractivity contribution in [2.75, 3.05) is 14.2 Å². The van der Waals surface area contributed by atoms with E-state index in [1.54, 1.807) is 14.2 Å². The molecule has 0 aromatic heterocycles. The van der Waals surface area contributed by atoms with Gasteiger partial charge in [-0.15, -0.1) is 0 Å². The highest BCUT2D eigenvalue weighted by Gasteiger charge is 2.17. The summed E-state index contributed by atoms with van der Waals surface area (Å²) < 4.78 is 10.6. The Labute approximate surface area is 102 Å². The average Bonchev–Trinajstić information content (AvgIpc) is 2.37. The predicted octanol–water partition coefficient (Wildman–Crippen LogP) is 2.85. The van der Waals surface area contributed by atoms with Crippen LogP contribution in [0.1, 0.15) is 30.9 Å². The molecule has 3 nitrogen and oxygen atoms in total. The summed E-state index contributed by atoms with van der Waals surface area (Å²) >= 11 is 0. The van der Waals surface area contributed by atoms with E-state index in [2.05, 4.69) is 18.0 Å². The summed E-state index contributed by atoms with van der Waals surface area (Å²) in [5, 5.41) is 0. The first-order valence-electron chi connectivity index (χ1n) is 6.06. The molecule has 17 heavy (non-hydrogen) atoms. The fourth-order valence-corrected chi connectivity index (χ4v) is 2.24. The zero-order chi connectivity index (χ0) is 12.3. The van der Waals surface area contributed by atoms with Crippen LogP contribution in [-0.2, 0) is 6.42 Å².